The van der Waals surface area contributed by atoms with Crippen molar-refractivity contribution < 1.29 is 26.5 Å². The smallest absolute Gasteiger partial charge is 0.434 e. The molecule has 0 heterocycles. The second-order valence-electron chi connectivity index (χ2n) is 6.85. The summed E-state index contributed by atoms with van der Waals surface area (Å²) in [4.78, 5) is 0. The van der Waals surface area contributed by atoms with Crippen LogP contribution in [0.3, 0.4) is 0 Å². The van der Waals surface area contributed by atoms with Gasteiger partial charge in [0.15, 0.2) is 5.71 Å². The first-order valence-corrected chi connectivity index (χ1v) is 9.58. The fourth-order valence-electron chi connectivity index (χ4n) is 1.97. The number of unbranched alkanes of at least 4 members (excludes halogenated alkanes) is 3. The highest BCUT2D eigenvalue weighted by Gasteiger charge is 2.40. The SMILES string of the molecule is CCCCCCOc1ccc(C(=N[S@@](=O)C(C)(C)C)C(F)(F)F)c(F)c1. The predicted molar refractivity (Wildman–Crippen MR) is 96.5 cm³/mol. The Morgan fingerprint density at radius 3 is 2.31 bits per heavy atom. The van der Waals surface area contributed by atoms with Crippen LogP contribution in [-0.2, 0) is 11.0 Å². The summed E-state index contributed by atoms with van der Waals surface area (Å²) in [7, 11) is -2.17. The molecule has 0 aromatic heterocycles. The Morgan fingerprint density at radius 2 is 1.81 bits per heavy atom. The molecule has 0 aliphatic heterocycles. The van der Waals surface area contributed by atoms with Gasteiger partial charge in [-0.15, -0.1) is 0 Å². The van der Waals surface area contributed by atoms with Gasteiger partial charge in [0.2, 0.25) is 0 Å². The molecule has 26 heavy (non-hydrogen) atoms. The zero-order valence-corrected chi connectivity index (χ0v) is 16.3. The largest absolute Gasteiger partial charge is 0.493 e. The van der Waals surface area contributed by atoms with Crippen molar-refractivity contribution in [1.29, 1.82) is 0 Å². The predicted octanol–water partition coefficient (Wildman–Crippen LogP) is 5.60. The average molecular weight is 395 g/mol. The molecule has 0 radical (unpaired) electrons. The fraction of sp³-hybridized carbons (Fsp3) is 0.611. The molecule has 0 aliphatic carbocycles. The summed E-state index contributed by atoms with van der Waals surface area (Å²) in [5, 5.41) is 0. The van der Waals surface area contributed by atoms with Crippen LogP contribution in [0.25, 0.3) is 0 Å². The Morgan fingerprint density at radius 1 is 1.15 bits per heavy atom. The van der Waals surface area contributed by atoms with E-state index in [1.54, 1.807) is 0 Å². The first-order chi connectivity index (χ1) is 12.0. The van der Waals surface area contributed by atoms with Gasteiger partial charge in [0.05, 0.1) is 11.4 Å². The van der Waals surface area contributed by atoms with E-state index in [1.807, 2.05) is 0 Å². The zero-order chi connectivity index (χ0) is 20.0. The maximum Gasteiger partial charge on any atom is 0.434 e. The van der Waals surface area contributed by atoms with Crippen molar-refractivity contribution in [3.63, 3.8) is 0 Å². The molecule has 0 bridgehead atoms. The van der Waals surface area contributed by atoms with Crippen LogP contribution in [0.15, 0.2) is 22.6 Å². The highest BCUT2D eigenvalue weighted by atomic mass is 32.2. The molecule has 0 spiro atoms. The normalized spacial score (nSPS) is 14.4. The Balaban J connectivity index is 3.03. The minimum Gasteiger partial charge on any atom is -0.493 e. The summed E-state index contributed by atoms with van der Waals surface area (Å²) < 4.78 is 73.7. The van der Waals surface area contributed by atoms with E-state index < -0.39 is 39.0 Å². The minimum absolute atomic E-state index is 0.154. The number of nitrogens with zero attached hydrogens (tertiary/aromatic N) is 1. The summed E-state index contributed by atoms with van der Waals surface area (Å²) in [6.45, 7) is 6.92. The molecule has 0 saturated carbocycles. The third-order valence-electron chi connectivity index (χ3n) is 3.43. The highest BCUT2D eigenvalue weighted by Crippen LogP contribution is 2.28. The summed E-state index contributed by atoms with van der Waals surface area (Å²) in [5.74, 6) is -0.959. The van der Waals surface area contributed by atoms with Crippen molar-refractivity contribution in [3.05, 3.63) is 29.6 Å². The molecule has 148 valence electrons. The number of halogens is 4. The van der Waals surface area contributed by atoms with Crippen LogP contribution in [0.4, 0.5) is 17.6 Å². The fourth-order valence-corrected chi connectivity index (χ4v) is 2.61. The monoisotopic (exact) mass is 395 g/mol. The molecule has 3 nitrogen and oxygen atoms in total. The van der Waals surface area contributed by atoms with Crippen LogP contribution >= 0.6 is 0 Å². The quantitative estimate of drug-likeness (QED) is 0.327. The van der Waals surface area contributed by atoms with Crippen molar-refractivity contribution in [2.75, 3.05) is 6.61 Å². The third-order valence-corrected chi connectivity index (χ3v) is 4.82. The van der Waals surface area contributed by atoms with Gasteiger partial charge >= 0.3 is 6.18 Å². The van der Waals surface area contributed by atoms with Gasteiger partial charge in [-0.2, -0.15) is 17.6 Å². The Hall–Kier alpha value is -1.44. The van der Waals surface area contributed by atoms with Gasteiger partial charge in [-0.1, -0.05) is 26.2 Å². The lowest BCUT2D eigenvalue weighted by atomic mass is 10.1. The van der Waals surface area contributed by atoms with E-state index >= 15 is 0 Å². The van der Waals surface area contributed by atoms with E-state index in [-0.39, 0.29) is 5.75 Å². The highest BCUT2D eigenvalue weighted by molar-refractivity contribution is 7.85. The van der Waals surface area contributed by atoms with E-state index in [4.69, 9.17) is 4.74 Å². The summed E-state index contributed by atoms with van der Waals surface area (Å²) in [5.41, 5.74) is -2.23. The van der Waals surface area contributed by atoms with Gasteiger partial charge in [-0.05, 0) is 39.3 Å². The molecule has 0 saturated heterocycles. The van der Waals surface area contributed by atoms with E-state index in [9.17, 15) is 21.8 Å². The Bertz CT molecular complexity index is 652. The van der Waals surface area contributed by atoms with Crippen LogP contribution in [-0.4, -0.2) is 27.5 Å². The van der Waals surface area contributed by atoms with Crippen LogP contribution in [0.2, 0.25) is 0 Å². The number of hydrogen-bond acceptors (Lipinski definition) is 2. The number of alkyl halides is 3. The number of rotatable bonds is 8. The lowest BCUT2D eigenvalue weighted by Gasteiger charge is -2.17. The standard InChI is InChI=1S/C18H25F4NO2S/c1-5-6-7-8-11-25-13-9-10-14(15(19)12-13)16(18(20,21)22)23-26(24)17(2,3)4/h9-10,12H,5-8,11H2,1-4H3/t26-/m0/s1. The third kappa shape index (κ3) is 7.05. The molecule has 0 unspecified atom stereocenters. The van der Waals surface area contributed by atoms with Crippen molar-refractivity contribution in [1.82, 2.24) is 0 Å². The summed E-state index contributed by atoms with van der Waals surface area (Å²) in [6.07, 6.45) is -1.03. The molecular formula is C18H25F4NO2S. The molecule has 0 amide bonds. The van der Waals surface area contributed by atoms with Crippen LogP contribution in [0.5, 0.6) is 5.75 Å². The second-order valence-corrected chi connectivity index (χ2v) is 8.76. The molecule has 1 aromatic rings. The van der Waals surface area contributed by atoms with Crippen LogP contribution < -0.4 is 4.74 Å². The van der Waals surface area contributed by atoms with Crippen molar-refractivity contribution in [3.8, 4) is 5.75 Å². The molecule has 8 heteroatoms. The number of ether oxygens (including phenoxy) is 1. The number of benzene rings is 1. The maximum atomic E-state index is 14.2. The lowest BCUT2D eigenvalue weighted by molar-refractivity contribution is -0.0580. The van der Waals surface area contributed by atoms with E-state index in [0.717, 1.165) is 37.8 Å². The van der Waals surface area contributed by atoms with E-state index in [2.05, 4.69) is 11.3 Å². The van der Waals surface area contributed by atoms with Crippen molar-refractivity contribution in [2.45, 2.75) is 64.3 Å². The van der Waals surface area contributed by atoms with E-state index in [0.29, 0.717) is 6.61 Å². The van der Waals surface area contributed by atoms with Gasteiger partial charge in [-0.25, -0.2) is 8.60 Å². The van der Waals surface area contributed by atoms with Crippen LogP contribution in [0, 0.1) is 5.82 Å². The first kappa shape index (κ1) is 22.6. The Labute approximate surface area is 154 Å². The van der Waals surface area contributed by atoms with E-state index in [1.165, 1.54) is 26.8 Å². The Kier molecular flexibility index (Phi) is 8.24. The molecule has 1 aromatic carbocycles. The van der Waals surface area contributed by atoms with Crippen molar-refractivity contribution >= 4 is 16.7 Å². The molecule has 1 atom stereocenters. The van der Waals surface area contributed by atoms with Gasteiger partial charge in [0, 0.05) is 11.6 Å². The van der Waals surface area contributed by atoms with Crippen LogP contribution in [0.1, 0.15) is 58.9 Å². The molecule has 1 rings (SSSR count). The molecule has 0 aliphatic rings. The zero-order valence-electron chi connectivity index (χ0n) is 15.5. The van der Waals surface area contributed by atoms with Gasteiger partial charge in [0.1, 0.15) is 22.6 Å². The molecule has 0 N–H and O–H groups in total. The first-order valence-electron chi connectivity index (χ1n) is 8.47. The maximum absolute atomic E-state index is 14.2. The van der Waals surface area contributed by atoms with Gasteiger partial charge < -0.3 is 4.74 Å². The number of hydrogen-bond donors (Lipinski definition) is 0. The topological polar surface area (TPSA) is 38.7 Å². The molecule has 0 fully saturated rings. The molecular weight excluding hydrogens is 370 g/mol. The second kappa shape index (κ2) is 9.48. The van der Waals surface area contributed by atoms with Gasteiger partial charge in [0.25, 0.3) is 0 Å². The van der Waals surface area contributed by atoms with Crippen molar-refractivity contribution in [2.24, 2.45) is 4.40 Å². The average Bonchev–Trinajstić information content (AvgIpc) is 2.51. The lowest BCUT2D eigenvalue weighted by Crippen LogP contribution is -2.29. The summed E-state index contributed by atoms with van der Waals surface area (Å²) in [6, 6.07) is 3.12. The summed E-state index contributed by atoms with van der Waals surface area (Å²) >= 11 is 0. The minimum atomic E-state index is -4.93. The van der Waals surface area contributed by atoms with Gasteiger partial charge in [-0.3, -0.25) is 0 Å².